The van der Waals surface area contributed by atoms with E-state index < -0.39 is 5.69 Å². The molecular formula is C19H32N4O2. The lowest BCUT2D eigenvalue weighted by Crippen LogP contribution is -2.52. The zero-order valence-corrected chi connectivity index (χ0v) is 16.0. The summed E-state index contributed by atoms with van der Waals surface area (Å²) >= 11 is 0. The molecule has 6 heteroatoms. The van der Waals surface area contributed by atoms with Crippen LogP contribution in [-0.4, -0.2) is 45.9 Å². The molecule has 0 radical (unpaired) electrons. The van der Waals surface area contributed by atoms with Gasteiger partial charge in [-0.2, -0.15) is 4.98 Å². The molecule has 1 amide bonds. The summed E-state index contributed by atoms with van der Waals surface area (Å²) in [6.45, 7) is 11.2. The van der Waals surface area contributed by atoms with E-state index in [-0.39, 0.29) is 17.1 Å². The van der Waals surface area contributed by atoms with Gasteiger partial charge in [-0.15, -0.1) is 0 Å². The first-order valence-electron chi connectivity index (χ1n) is 9.40. The standard InChI is InChI=1S/C19H32N4O2/c1-14(2)11-15-12-16(21-18(25)20-15)17(24)22-19(3,4)13-23-9-7-5-6-8-10-23/h12,14H,5-11,13H2,1-4H3,(H,22,24)(H,20,21,25). The van der Waals surface area contributed by atoms with E-state index in [4.69, 9.17) is 0 Å². The highest BCUT2D eigenvalue weighted by Gasteiger charge is 2.25. The lowest BCUT2D eigenvalue weighted by atomic mass is 10.0. The zero-order valence-electron chi connectivity index (χ0n) is 16.0. The largest absolute Gasteiger partial charge is 0.345 e. The van der Waals surface area contributed by atoms with E-state index >= 15 is 0 Å². The van der Waals surface area contributed by atoms with Gasteiger partial charge in [0.15, 0.2) is 0 Å². The summed E-state index contributed by atoms with van der Waals surface area (Å²) in [6, 6.07) is 1.69. The van der Waals surface area contributed by atoms with Crippen molar-refractivity contribution in [3.8, 4) is 0 Å². The predicted molar refractivity (Wildman–Crippen MR) is 99.9 cm³/mol. The molecular weight excluding hydrogens is 316 g/mol. The first kappa shape index (κ1) is 19.6. The minimum absolute atomic E-state index is 0.198. The Balaban J connectivity index is 2.04. The molecule has 1 aromatic rings. The number of nitrogens with one attached hydrogen (secondary N) is 2. The molecule has 0 aliphatic carbocycles. The van der Waals surface area contributed by atoms with Crippen LogP contribution in [0.25, 0.3) is 0 Å². The number of likely N-dealkylation sites (tertiary alicyclic amines) is 1. The van der Waals surface area contributed by atoms with Crippen LogP contribution in [0.15, 0.2) is 10.9 Å². The van der Waals surface area contributed by atoms with Gasteiger partial charge in [-0.05, 0) is 58.2 Å². The molecule has 1 fully saturated rings. The summed E-state index contributed by atoms with van der Waals surface area (Å²) in [5, 5.41) is 3.05. The summed E-state index contributed by atoms with van der Waals surface area (Å²) in [5.41, 5.74) is 0.117. The van der Waals surface area contributed by atoms with Gasteiger partial charge in [-0.25, -0.2) is 4.79 Å². The van der Waals surface area contributed by atoms with E-state index in [1.807, 2.05) is 13.8 Å². The van der Waals surface area contributed by atoms with Crippen LogP contribution in [0.5, 0.6) is 0 Å². The number of hydrogen-bond donors (Lipinski definition) is 2. The molecule has 0 spiro atoms. The average Bonchev–Trinajstić information content (AvgIpc) is 2.73. The quantitative estimate of drug-likeness (QED) is 0.827. The first-order chi connectivity index (χ1) is 11.7. The van der Waals surface area contributed by atoms with Crippen molar-refractivity contribution in [2.24, 2.45) is 5.92 Å². The van der Waals surface area contributed by atoms with E-state index in [0.29, 0.717) is 5.92 Å². The number of H-pyrrole nitrogens is 1. The number of amides is 1. The highest BCUT2D eigenvalue weighted by molar-refractivity contribution is 5.92. The van der Waals surface area contributed by atoms with E-state index in [1.54, 1.807) is 6.07 Å². The molecule has 2 N–H and O–H groups in total. The van der Waals surface area contributed by atoms with Crippen LogP contribution in [0.4, 0.5) is 0 Å². The molecule has 1 saturated heterocycles. The Bertz CT molecular complexity index is 629. The van der Waals surface area contributed by atoms with Crippen molar-refractivity contribution in [3.05, 3.63) is 27.9 Å². The number of carbonyl (C=O) groups excluding carboxylic acids is 1. The minimum Gasteiger partial charge on any atom is -0.345 e. The van der Waals surface area contributed by atoms with Crippen molar-refractivity contribution in [2.75, 3.05) is 19.6 Å². The van der Waals surface area contributed by atoms with Crippen LogP contribution in [0.3, 0.4) is 0 Å². The third-order valence-corrected chi connectivity index (χ3v) is 4.43. The summed E-state index contributed by atoms with van der Waals surface area (Å²) in [7, 11) is 0. The van der Waals surface area contributed by atoms with E-state index in [2.05, 4.69) is 34.0 Å². The monoisotopic (exact) mass is 348 g/mol. The lowest BCUT2D eigenvalue weighted by Gasteiger charge is -2.32. The second-order valence-corrected chi connectivity index (χ2v) is 8.22. The summed E-state index contributed by atoms with van der Waals surface area (Å²) < 4.78 is 0. The molecule has 1 aliphatic heterocycles. The van der Waals surface area contributed by atoms with E-state index in [1.165, 1.54) is 25.7 Å². The summed E-state index contributed by atoms with van der Waals surface area (Å²) in [6.07, 6.45) is 5.74. The first-order valence-corrected chi connectivity index (χ1v) is 9.40. The van der Waals surface area contributed by atoms with Crippen LogP contribution in [0, 0.1) is 5.92 Å². The fourth-order valence-corrected chi connectivity index (χ4v) is 3.44. The Morgan fingerprint density at radius 3 is 2.52 bits per heavy atom. The molecule has 140 valence electrons. The molecule has 25 heavy (non-hydrogen) atoms. The van der Waals surface area contributed by atoms with Gasteiger partial charge < -0.3 is 15.2 Å². The minimum atomic E-state index is -0.464. The number of aromatic nitrogens is 2. The third-order valence-electron chi connectivity index (χ3n) is 4.43. The van der Waals surface area contributed by atoms with Crippen molar-refractivity contribution in [2.45, 2.75) is 65.3 Å². The molecule has 0 bridgehead atoms. The van der Waals surface area contributed by atoms with Crippen molar-refractivity contribution in [1.82, 2.24) is 20.2 Å². The van der Waals surface area contributed by atoms with Gasteiger partial charge in [0.05, 0.1) is 0 Å². The highest BCUT2D eigenvalue weighted by Crippen LogP contribution is 2.14. The Labute approximate surface area is 150 Å². The molecule has 6 nitrogen and oxygen atoms in total. The SMILES string of the molecule is CC(C)Cc1cc(C(=O)NC(C)(C)CN2CCCCCC2)nc(=O)[nH]1. The number of rotatable bonds is 6. The third kappa shape index (κ3) is 6.61. The van der Waals surface area contributed by atoms with Gasteiger partial charge in [0.1, 0.15) is 5.69 Å². The van der Waals surface area contributed by atoms with Gasteiger partial charge in [-0.3, -0.25) is 4.79 Å². The predicted octanol–water partition coefficient (Wildman–Crippen LogP) is 2.35. The number of carbonyl (C=O) groups is 1. The normalized spacial score (nSPS) is 16.7. The van der Waals surface area contributed by atoms with Gasteiger partial charge in [0.2, 0.25) is 0 Å². The van der Waals surface area contributed by atoms with Crippen LogP contribution < -0.4 is 11.0 Å². The second kappa shape index (κ2) is 8.61. The number of nitrogens with zero attached hydrogens (tertiary/aromatic N) is 2. The highest BCUT2D eigenvalue weighted by atomic mass is 16.2. The van der Waals surface area contributed by atoms with Crippen LogP contribution in [0.2, 0.25) is 0 Å². The molecule has 0 aromatic carbocycles. The maximum absolute atomic E-state index is 12.6. The van der Waals surface area contributed by atoms with E-state index in [9.17, 15) is 9.59 Å². The molecule has 1 aliphatic rings. The van der Waals surface area contributed by atoms with Crippen molar-refractivity contribution in [1.29, 1.82) is 0 Å². The molecule has 0 unspecified atom stereocenters. The maximum atomic E-state index is 12.6. The van der Waals surface area contributed by atoms with Gasteiger partial charge in [0, 0.05) is 17.8 Å². The Morgan fingerprint density at radius 2 is 1.92 bits per heavy atom. The molecule has 2 rings (SSSR count). The molecule has 0 atom stereocenters. The Hall–Kier alpha value is -1.69. The molecule has 2 heterocycles. The topological polar surface area (TPSA) is 78.1 Å². The Morgan fingerprint density at radius 1 is 1.28 bits per heavy atom. The van der Waals surface area contributed by atoms with Gasteiger partial charge >= 0.3 is 5.69 Å². The van der Waals surface area contributed by atoms with Crippen LogP contribution in [-0.2, 0) is 6.42 Å². The van der Waals surface area contributed by atoms with E-state index in [0.717, 1.165) is 31.7 Å². The lowest BCUT2D eigenvalue weighted by molar-refractivity contribution is 0.0882. The van der Waals surface area contributed by atoms with Crippen LogP contribution in [0.1, 0.15) is 69.6 Å². The fraction of sp³-hybridized carbons (Fsp3) is 0.737. The number of aromatic amines is 1. The van der Waals surface area contributed by atoms with Crippen molar-refractivity contribution < 1.29 is 4.79 Å². The smallest absolute Gasteiger partial charge is 0.345 e. The fourth-order valence-electron chi connectivity index (χ4n) is 3.44. The van der Waals surface area contributed by atoms with Crippen LogP contribution >= 0.6 is 0 Å². The van der Waals surface area contributed by atoms with Gasteiger partial charge in [-0.1, -0.05) is 26.7 Å². The summed E-state index contributed by atoms with van der Waals surface area (Å²) in [5.74, 6) is 0.115. The van der Waals surface area contributed by atoms with Crippen molar-refractivity contribution >= 4 is 5.91 Å². The molecule has 1 aromatic heterocycles. The average molecular weight is 348 g/mol. The molecule has 0 saturated carbocycles. The maximum Gasteiger partial charge on any atom is 0.345 e. The van der Waals surface area contributed by atoms with Crippen molar-refractivity contribution in [3.63, 3.8) is 0 Å². The van der Waals surface area contributed by atoms with Gasteiger partial charge in [0.25, 0.3) is 5.91 Å². The second-order valence-electron chi connectivity index (χ2n) is 8.22. The zero-order chi connectivity index (χ0) is 18.4. The number of hydrogen-bond acceptors (Lipinski definition) is 4. The summed E-state index contributed by atoms with van der Waals surface area (Å²) in [4.78, 5) is 33.4. The Kier molecular flexibility index (Phi) is 6.76.